The van der Waals surface area contributed by atoms with Crippen LogP contribution in [0.25, 0.3) is 0 Å². The molecule has 1 heterocycles. The van der Waals surface area contributed by atoms with Crippen LogP contribution < -0.4 is 15.8 Å². The number of ether oxygens (including phenoxy) is 1. The molecule has 0 saturated carbocycles. The molecule has 108 valence electrons. The van der Waals surface area contributed by atoms with Crippen molar-refractivity contribution in [2.75, 3.05) is 11.9 Å². The normalized spacial score (nSPS) is 11.0. The van der Waals surface area contributed by atoms with Crippen molar-refractivity contribution < 1.29 is 14.7 Å². The molecule has 1 aromatic carbocycles. The summed E-state index contributed by atoms with van der Waals surface area (Å²) in [4.78, 5) is 12.0. The Morgan fingerprint density at radius 2 is 2.14 bits per heavy atom. The number of nitrogens with one attached hydrogen (secondary N) is 1. The van der Waals surface area contributed by atoms with Crippen molar-refractivity contribution in [1.29, 1.82) is 0 Å². The molecule has 0 fully saturated rings. The molecule has 4 N–H and O–H groups in total. The summed E-state index contributed by atoms with van der Waals surface area (Å²) >= 11 is 0. The molecular formula is C13H13N5O3. The summed E-state index contributed by atoms with van der Waals surface area (Å²) < 4.78 is 5.37. The zero-order chi connectivity index (χ0) is 15.1. The molecule has 0 spiro atoms. The van der Waals surface area contributed by atoms with E-state index in [0.29, 0.717) is 17.0 Å². The van der Waals surface area contributed by atoms with Crippen LogP contribution in [0.15, 0.2) is 47.9 Å². The molecule has 1 aromatic heterocycles. The maximum Gasteiger partial charge on any atom is 0.257 e. The fourth-order valence-electron chi connectivity index (χ4n) is 1.50. The molecule has 8 nitrogen and oxygen atoms in total. The summed E-state index contributed by atoms with van der Waals surface area (Å²) in [6.07, 6.45) is 2.78. The number of oxime groups is 1. The average Bonchev–Trinajstić information content (AvgIpc) is 2.54. The van der Waals surface area contributed by atoms with E-state index in [2.05, 4.69) is 20.7 Å². The minimum Gasteiger partial charge on any atom is -0.483 e. The summed E-state index contributed by atoms with van der Waals surface area (Å²) in [7, 11) is 0. The molecular weight excluding hydrogens is 274 g/mol. The molecule has 0 aliphatic rings. The van der Waals surface area contributed by atoms with Gasteiger partial charge in [0.05, 0.1) is 23.6 Å². The summed E-state index contributed by atoms with van der Waals surface area (Å²) in [6.45, 7) is -0.0970. The molecule has 0 aliphatic heterocycles. The Morgan fingerprint density at radius 3 is 2.86 bits per heavy atom. The fraction of sp³-hybridized carbons (Fsp3) is 0.0769. The minimum absolute atomic E-state index is 0.0746. The molecule has 1 amide bonds. The number of amidine groups is 1. The Labute approximate surface area is 120 Å². The molecule has 0 radical (unpaired) electrons. The largest absolute Gasteiger partial charge is 0.483 e. The van der Waals surface area contributed by atoms with Gasteiger partial charge in [-0.2, -0.15) is 10.2 Å². The molecule has 0 saturated heterocycles. The van der Waals surface area contributed by atoms with Gasteiger partial charge in [0.15, 0.2) is 5.84 Å². The quantitative estimate of drug-likeness (QED) is 0.324. The van der Waals surface area contributed by atoms with Gasteiger partial charge >= 0.3 is 0 Å². The van der Waals surface area contributed by atoms with Gasteiger partial charge in [-0.05, 0) is 18.2 Å². The van der Waals surface area contributed by atoms with Crippen molar-refractivity contribution >= 4 is 17.4 Å². The van der Waals surface area contributed by atoms with Gasteiger partial charge in [-0.25, -0.2) is 0 Å². The number of rotatable bonds is 5. The van der Waals surface area contributed by atoms with E-state index in [1.54, 1.807) is 30.3 Å². The van der Waals surface area contributed by atoms with Crippen LogP contribution in [0.5, 0.6) is 5.75 Å². The van der Waals surface area contributed by atoms with Crippen LogP contribution in [0.3, 0.4) is 0 Å². The highest BCUT2D eigenvalue weighted by molar-refractivity contribution is 6.04. The van der Waals surface area contributed by atoms with E-state index in [4.69, 9.17) is 15.7 Å². The Balaban J connectivity index is 2.11. The maximum atomic E-state index is 12.0. The highest BCUT2D eigenvalue weighted by Gasteiger charge is 2.10. The van der Waals surface area contributed by atoms with Crippen molar-refractivity contribution in [2.24, 2.45) is 10.9 Å². The van der Waals surface area contributed by atoms with E-state index in [1.165, 1.54) is 12.4 Å². The van der Waals surface area contributed by atoms with Gasteiger partial charge < -0.3 is 21.0 Å². The zero-order valence-electron chi connectivity index (χ0n) is 10.9. The molecule has 2 aromatic rings. The summed E-state index contributed by atoms with van der Waals surface area (Å²) in [5, 5.41) is 21.2. The predicted molar refractivity (Wildman–Crippen MR) is 75.3 cm³/mol. The van der Waals surface area contributed by atoms with E-state index in [9.17, 15) is 4.79 Å². The van der Waals surface area contributed by atoms with Crippen molar-refractivity contribution in [3.63, 3.8) is 0 Å². The lowest BCUT2D eigenvalue weighted by molar-refractivity contribution is 0.102. The van der Waals surface area contributed by atoms with Crippen LogP contribution in [-0.4, -0.2) is 33.8 Å². The van der Waals surface area contributed by atoms with Crippen molar-refractivity contribution in [1.82, 2.24) is 10.2 Å². The lowest BCUT2D eigenvalue weighted by Gasteiger charge is -2.11. The maximum absolute atomic E-state index is 12.0. The molecule has 0 aliphatic carbocycles. The number of para-hydroxylation sites is 2. The highest BCUT2D eigenvalue weighted by Crippen LogP contribution is 2.24. The SMILES string of the molecule is N/C(COc1ccccc1NC(=O)c1ccnnc1)=N/O. The molecule has 2 rings (SSSR count). The summed E-state index contributed by atoms with van der Waals surface area (Å²) in [6, 6.07) is 8.36. The second-order valence-electron chi connectivity index (χ2n) is 3.96. The van der Waals surface area contributed by atoms with Gasteiger partial charge in [-0.3, -0.25) is 4.79 Å². The number of hydrogen-bond donors (Lipinski definition) is 3. The van der Waals surface area contributed by atoms with Crippen LogP contribution in [0, 0.1) is 0 Å². The first-order valence-corrected chi connectivity index (χ1v) is 5.97. The number of anilines is 1. The van der Waals surface area contributed by atoms with Crippen molar-refractivity contribution in [2.45, 2.75) is 0 Å². The number of aromatic nitrogens is 2. The van der Waals surface area contributed by atoms with Crippen LogP contribution in [0.4, 0.5) is 5.69 Å². The first kappa shape index (κ1) is 14.3. The lowest BCUT2D eigenvalue weighted by Crippen LogP contribution is -2.21. The second kappa shape index (κ2) is 6.85. The number of amides is 1. The predicted octanol–water partition coefficient (Wildman–Crippen LogP) is 0.854. The second-order valence-corrected chi connectivity index (χ2v) is 3.96. The van der Waals surface area contributed by atoms with E-state index >= 15 is 0 Å². The first-order valence-electron chi connectivity index (χ1n) is 5.97. The summed E-state index contributed by atoms with van der Waals surface area (Å²) in [5.74, 6) is -0.0151. The number of nitrogens with two attached hydrogens (primary N) is 1. The fourth-order valence-corrected chi connectivity index (χ4v) is 1.50. The van der Waals surface area contributed by atoms with Gasteiger partial charge in [0.25, 0.3) is 5.91 Å². The molecule has 0 unspecified atom stereocenters. The Kier molecular flexibility index (Phi) is 4.65. The Morgan fingerprint density at radius 1 is 1.33 bits per heavy atom. The van der Waals surface area contributed by atoms with Gasteiger partial charge in [0, 0.05) is 0 Å². The van der Waals surface area contributed by atoms with Gasteiger partial charge in [0.2, 0.25) is 0 Å². The standard InChI is InChI=1S/C13H13N5O3/c14-12(18-20)8-21-11-4-2-1-3-10(11)17-13(19)9-5-6-15-16-7-9/h1-7,20H,8H2,(H2,14,18)(H,17,19). The van der Waals surface area contributed by atoms with E-state index < -0.39 is 0 Å². The third kappa shape index (κ3) is 3.90. The Bertz CT molecular complexity index is 645. The Hall–Kier alpha value is -3.16. The van der Waals surface area contributed by atoms with Crippen molar-refractivity contribution in [3.05, 3.63) is 48.3 Å². The third-order valence-corrected chi connectivity index (χ3v) is 2.49. The average molecular weight is 287 g/mol. The van der Waals surface area contributed by atoms with Crippen LogP contribution in [0.2, 0.25) is 0 Å². The van der Waals surface area contributed by atoms with E-state index in [0.717, 1.165) is 0 Å². The number of nitrogens with zero attached hydrogens (tertiary/aromatic N) is 3. The van der Waals surface area contributed by atoms with E-state index in [1.807, 2.05) is 0 Å². The van der Waals surface area contributed by atoms with Crippen molar-refractivity contribution in [3.8, 4) is 5.75 Å². The third-order valence-electron chi connectivity index (χ3n) is 2.49. The first-order chi connectivity index (χ1) is 10.2. The van der Waals surface area contributed by atoms with Crippen LogP contribution in [-0.2, 0) is 0 Å². The number of carbonyl (C=O) groups excluding carboxylic acids is 1. The minimum atomic E-state index is -0.343. The van der Waals surface area contributed by atoms with Gasteiger partial charge in [-0.1, -0.05) is 17.3 Å². The number of carbonyl (C=O) groups is 1. The monoisotopic (exact) mass is 287 g/mol. The number of hydrogen-bond acceptors (Lipinski definition) is 6. The van der Waals surface area contributed by atoms with E-state index in [-0.39, 0.29) is 18.3 Å². The molecule has 21 heavy (non-hydrogen) atoms. The lowest BCUT2D eigenvalue weighted by atomic mass is 10.2. The van der Waals surface area contributed by atoms with Gasteiger partial charge in [0.1, 0.15) is 12.4 Å². The van der Waals surface area contributed by atoms with Crippen LogP contribution >= 0.6 is 0 Å². The highest BCUT2D eigenvalue weighted by atomic mass is 16.5. The molecule has 0 bridgehead atoms. The smallest absolute Gasteiger partial charge is 0.257 e. The van der Waals surface area contributed by atoms with Crippen LogP contribution in [0.1, 0.15) is 10.4 Å². The number of benzene rings is 1. The topological polar surface area (TPSA) is 123 Å². The molecule has 0 atom stereocenters. The van der Waals surface area contributed by atoms with Gasteiger partial charge in [-0.15, -0.1) is 0 Å². The summed E-state index contributed by atoms with van der Waals surface area (Å²) in [5.41, 5.74) is 6.17. The molecule has 8 heteroatoms. The zero-order valence-corrected chi connectivity index (χ0v) is 10.9.